The number of rotatable bonds is 14. The summed E-state index contributed by atoms with van der Waals surface area (Å²) in [5.74, 6) is -1.13. The molecule has 254 valence electrons. The molecule has 5 N–H and O–H groups in total. The monoisotopic (exact) mass is 632 g/mol. The molecule has 9 nitrogen and oxygen atoms in total. The van der Waals surface area contributed by atoms with E-state index in [1.807, 2.05) is 6.92 Å². The molecule has 0 spiro atoms. The SMILES string of the molecule is C[C@]12C[C@@H](O)C3C(CC[C@]4(O)C[C@@H](OC(=O)CCCCCCCCCCCO)CC[C@]34CO)[C@@]1(O)CC[C@@H]2c1ccc(=O)oc1. The van der Waals surface area contributed by atoms with Crippen molar-refractivity contribution in [3.63, 3.8) is 0 Å². The predicted octanol–water partition coefficient (Wildman–Crippen LogP) is 4.74. The molecule has 45 heavy (non-hydrogen) atoms. The molecule has 9 atom stereocenters. The van der Waals surface area contributed by atoms with Gasteiger partial charge in [0.25, 0.3) is 0 Å². The van der Waals surface area contributed by atoms with Crippen molar-refractivity contribution in [2.24, 2.45) is 22.7 Å². The van der Waals surface area contributed by atoms with E-state index in [1.165, 1.54) is 25.2 Å². The van der Waals surface area contributed by atoms with Gasteiger partial charge in [-0.25, -0.2) is 4.79 Å². The normalized spacial score (nSPS) is 39.1. The highest BCUT2D eigenvalue weighted by atomic mass is 16.5. The Morgan fingerprint density at radius 1 is 0.911 bits per heavy atom. The van der Waals surface area contributed by atoms with Crippen LogP contribution in [-0.2, 0) is 9.53 Å². The second kappa shape index (κ2) is 14.1. The number of esters is 1. The molecular weight excluding hydrogens is 576 g/mol. The third kappa shape index (κ3) is 6.41. The second-order valence-electron chi connectivity index (χ2n) is 15.1. The summed E-state index contributed by atoms with van der Waals surface area (Å²) in [6.45, 7) is 2.00. The van der Waals surface area contributed by atoms with Gasteiger partial charge in [-0.1, -0.05) is 51.9 Å². The zero-order chi connectivity index (χ0) is 32.3. The fourth-order valence-electron chi connectivity index (χ4n) is 10.4. The summed E-state index contributed by atoms with van der Waals surface area (Å²) in [5, 5.41) is 56.3. The molecule has 9 heteroatoms. The first-order chi connectivity index (χ1) is 21.5. The largest absolute Gasteiger partial charge is 0.462 e. The Balaban J connectivity index is 1.18. The van der Waals surface area contributed by atoms with E-state index < -0.39 is 45.8 Å². The Bertz CT molecular complexity index is 1180. The fraction of sp³-hybridized carbons (Fsp3) is 0.833. The number of aliphatic hydroxyl groups excluding tert-OH is 3. The van der Waals surface area contributed by atoms with E-state index in [2.05, 4.69) is 0 Å². The van der Waals surface area contributed by atoms with Crippen molar-refractivity contribution in [2.45, 2.75) is 152 Å². The minimum absolute atomic E-state index is 0.0918. The number of carbonyl (C=O) groups excluding carboxylic acids is 1. The van der Waals surface area contributed by atoms with Crippen LogP contribution in [0.4, 0.5) is 0 Å². The molecule has 4 fully saturated rings. The quantitative estimate of drug-likeness (QED) is 0.144. The third-order valence-electron chi connectivity index (χ3n) is 12.8. The first-order valence-electron chi connectivity index (χ1n) is 17.7. The molecule has 4 aliphatic carbocycles. The molecule has 0 bridgehead atoms. The van der Waals surface area contributed by atoms with Gasteiger partial charge in [0, 0.05) is 42.3 Å². The average Bonchev–Trinajstić information content (AvgIpc) is 3.28. The minimum Gasteiger partial charge on any atom is -0.462 e. The van der Waals surface area contributed by atoms with Crippen LogP contribution in [0, 0.1) is 22.7 Å². The summed E-state index contributed by atoms with van der Waals surface area (Å²) in [5.41, 5.74) is -3.65. The van der Waals surface area contributed by atoms with Gasteiger partial charge in [0.2, 0.25) is 0 Å². The van der Waals surface area contributed by atoms with E-state index in [0.29, 0.717) is 51.4 Å². The molecule has 0 aromatic carbocycles. The lowest BCUT2D eigenvalue weighted by molar-refractivity contribution is -0.292. The standard InChI is InChI=1S/C36H56O9/c1-33-22-29(39)32-28(36(33,43)19-16-27(33)25-12-13-30(40)44-23-25)15-18-35(42)21-26(14-17-34(32,35)24-38)45-31(41)11-9-7-5-3-2-4-6-8-10-20-37/h12-13,23,26-29,32,37-39,42-43H,2-11,14-22,24H2,1H3/t26-,27+,28?,29+,32?,33+,34-,35-,36-/m0/s1. The van der Waals surface area contributed by atoms with Crippen LogP contribution in [0.2, 0.25) is 0 Å². The van der Waals surface area contributed by atoms with Gasteiger partial charge in [0.15, 0.2) is 0 Å². The maximum absolute atomic E-state index is 12.7. The fourth-order valence-corrected chi connectivity index (χ4v) is 10.4. The van der Waals surface area contributed by atoms with Crippen LogP contribution in [0.15, 0.2) is 27.6 Å². The lowest BCUT2D eigenvalue weighted by atomic mass is 9.41. The van der Waals surface area contributed by atoms with Crippen molar-refractivity contribution in [3.8, 4) is 0 Å². The first-order valence-corrected chi connectivity index (χ1v) is 17.7. The first kappa shape index (κ1) is 34.6. The van der Waals surface area contributed by atoms with Crippen molar-refractivity contribution in [2.75, 3.05) is 13.2 Å². The smallest absolute Gasteiger partial charge is 0.335 e. The van der Waals surface area contributed by atoms with Crippen molar-refractivity contribution < 1.29 is 39.5 Å². The van der Waals surface area contributed by atoms with E-state index in [9.17, 15) is 30.0 Å². The Morgan fingerprint density at radius 3 is 2.24 bits per heavy atom. The van der Waals surface area contributed by atoms with Gasteiger partial charge in [0.1, 0.15) is 6.10 Å². The highest BCUT2D eigenvalue weighted by Crippen LogP contribution is 2.71. The van der Waals surface area contributed by atoms with Crippen molar-refractivity contribution in [1.82, 2.24) is 0 Å². The molecule has 1 aromatic heterocycles. The Hall–Kier alpha value is -1.78. The molecule has 0 aliphatic heterocycles. The topological polar surface area (TPSA) is 158 Å². The number of carbonyl (C=O) groups is 1. The Morgan fingerprint density at radius 2 is 1.60 bits per heavy atom. The van der Waals surface area contributed by atoms with Gasteiger partial charge < -0.3 is 34.7 Å². The molecule has 0 radical (unpaired) electrons. The molecule has 4 saturated carbocycles. The Labute approximate surface area is 267 Å². The summed E-state index contributed by atoms with van der Waals surface area (Å²) < 4.78 is 11.0. The maximum atomic E-state index is 12.7. The van der Waals surface area contributed by atoms with Crippen LogP contribution in [0.5, 0.6) is 0 Å². The maximum Gasteiger partial charge on any atom is 0.335 e. The summed E-state index contributed by atoms with van der Waals surface area (Å²) in [7, 11) is 0. The van der Waals surface area contributed by atoms with E-state index in [4.69, 9.17) is 14.3 Å². The third-order valence-corrected chi connectivity index (χ3v) is 12.8. The van der Waals surface area contributed by atoms with Crippen LogP contribution >= 0.6 is 0 Å². The van der Waals surface area contributed by atoms with Gasteiger partial charge in [-0.05, 0) is 81.3 Å². The highest BCUT2D eigenvalue weighted by molar-refractivity contribution is 5.69. The second-order valence-corrected chi connectivity index (χ2v) is 15.1. The van der Waals surface area contributed by atoms with Crippen LogP contribution in [-0.4, -0.2) is 68.1 Å². The van der Waals surface area contributed by atoms with Gasteiger partial charge in [-0.15, -0.1) is 0 Å². The van der Waals surface area contributed by atoms with Crippen molar-refractivity contribution in [3.05, 3.63) is 34.4 Å². The summed E-state index contributed by atoms with van der Waals surface area (Å²) in [4.78, 5) is 24.3. The lowest BCUT2D eigenvalue weighted by Crippen LogP contribution is -2.72. The van der Waals surface area contributed by atoms with Crippen LogP contribution in [0.1, 0.15) is 134 Å². The molecular formula is C36H56O9. The molecule has 1 heterocycles. The van der Waals surface area contributed by atoms with Gasteiger partial charge >= 0.3 is 11.6 Å². The lowest BCUT2D eigenvalue weighted by Gasteiger charge is -2.67. The number of fused-ring (bicyclic) bond motifs is 5. The van der Waals surface area contributed by atoms with Crippen LogP contribution < -0.4 is 5.63 Å². The van der Waals surface area contributed by atoms with E-state index in [1.54, 1.807) is 6.07 Å². The Kier molecular flexibility index (Phi) is 10.9. The average molecular weight is 633 g/mol. The minimum atomic E-state index is -1.31. The zero-order valence-corrected chi connectivity index (χ0v) is 27.1. The molecule has 4 aliphatic rings. The van der Waals surface area contributed by atoms with Crippen molar-refractivity contribution in [1.29, 1.82) is 0 Å². The zero-order valence-electron chi connectivity index (χ0n) is 27.1. The van der Waals surface area contributed by atoms with E-state index in [-0.39, 0.29) is 37.4 Å². The van der Waals surface area contributed by atoms with Gasteiger partial charge in [-0.2, -0.15) is 0 Å². The number of ether oxygens (including phenoxy) is 1. The summed E-state index contributed by atoms with van der Waals surface area (Å²) >= 11 is 0. The summed E-state index contributed by atoms with van der Waals surface area (Å²) in [6.07, 6.45) is 13.6. The molecule has 0 saturated heterocycles. The van der Waals surface area contributed by atoms with E-state index >= 15 is 0 Å². The molecule has 2 unspecified atom stereocenters. The molecule has 1 aromatic rings. The highest BCUT2D eigenvalue weighted by Gasteiger charge is 2.73. The number of hydrogen-bond donors (Lipinski definition) is 5. The van der Waals surface area contributed by atoms with Crippen LogP contribution in [0.25, 0.3) is 0 Å². The molecule has 0 amide bonds. The molecule has 5 rings (SSSR count). The number of unbranched alkanes of at least 4 members (excludes halogenated alkanes) is 8. The number of aliphatic hydroxyl groups is 5. The predicted molar refractivity (Wildman–Crippen MR) is 168 cm³/mol. The van der Waals surface area contributed by atoms with Crippen LogP contribution in [0.3, 0.4) is 0 Å². The number of hydrogen-bond acceptors (Lipinski definition) is 9. The van der Waals surface area contributed by atoms with Gasteiger partial charge in [-0.3, -0.25) is 4.79 Å². The summed E-state index contributed by atoms with van der Waals surface area (Å²) in [6, 6.07) is 3.16. The van der Waals surface area contributed by atoms with E-state index in [0.717, 1.165) is 50.5 Å². The van der Waals surface area contributed by atoms with Gasteiger partial charge in [0.05, 0.1) is 30.2 Å². The van der Waals surface area contributed by atoms with Crippen molar-refractivity contribution >= 4 is 5.97 Å².